The minimum atomic E-state index is -0.604. The van der Waals surface area contributed by atoms with Gasteiger partial charge in [-0.05, 0) is 25.0 Å². The minimum Gasteiger partial charge on any atom is -0.508 e. The SMILES string of the molecule is COC(=O)CCC=CC[C@@H]1COC(c2ccccc2Cl)O[C@@H]1c1ccccc1O. The highest BCUT2D eigenvalue weighted by Gasteiger charge is 2.35. The van der Waals surface area contributed by atoms with E-state index in [1.165, 1.54) is 7.11 Å². The van der Waals surface area contributed by atoms with Gasteiger partial charge in [0.2, 0.25) is 0 Å². The Labute approximate surface area is 175 Å². The van der Waals surface area contributed by atoms with Crippen LogP contribution in [-0.4, -0.2) is 24.8 Å². The lowest BCUT2D eigenvalue weighted by atomic mass is 9.91. The lowest BCUT2D eigenvalue weighted by molar-refractivity contribution is -0.244. The van der Waals surface area contributed by atoms with Crippen molar-refractivity contribution in [3.63, 3.8) is 0 Å². The molecule has 1 aliphatic heterocycles. The average molecular weight is 417 g/mol. The van der Waals surface area contributed by atoms with Crippen molar-refractivity contribution in [1.29, 1.82) is 0 Å². The Morgan fingerprint density at radius 1 is 1.17 bits per heavy atom. The summed E-state index contributed by atoms with van der Waals surface area (Å²) in [5, 5.41) is 11.0. The van der Waals surface area contributed by atoms with Crippen LogP contribution in [0.2, 0.25) is 5.02 Å². The zero-order chi connectivity index (χ0) is 20.6. The molecule has 29 heavy (non-hydrogen) atoms. The number of methoxy groups -OCH3 is 1. The fraction of sp³-hybridized carbons (Fsp3) is 0.348. The molecule has 0 spiro atoms. The second kappa shape index (κ2) is 10.4. The number of carbonyl (C=O) groups excluding carboxylic acids is 1. The van der Waals surface area contributed by atoms with Crippen molar-refractivity contribution in [3.05, 3.63) is 76.8 Å². The van der Waals surface area contributed by atoms with Crippen molar-refractivity contribution in [2.75, 3.05) is 13.7 Å². The maximum atomic E-state index is 11.2. The van der Waals surface area contributed by atoms with Gasteiger partial charge in [0.15, 0.2) is 6.29 Å². The van der Waals surface area contributed by atoms with Crippen LogP contribution in [-0.2, 0) is 19.0 Å². The van der Waals surface area contributed by atoms with Gasteiger partial charge in [-0.2, -0.15) is 0 Å². The van der Waals surface area contributed by atoms with Crippen LogP contribution in [0, 0.1) is 5.92 Å². The van der Waals surface area contributed by atoms with E-state index in [4.69, 9.17) is 21.1 Å². The van der Waals surface area contributed by atoms with Gasteiger partial charge in [0.1, 0.15) is 5.75 Å². The molecule has 1 N–H and O–H groups in total. The van der Waals surface area contributed by atoms with Gasteiger partial charge in [-0.15, -0.1) is 0 Å². The molecule has 0 amide bonds. The standard InChI is InChI=1S/C23H25ClO5/c1-27-21(26)14-4-2-3-9-16-15-28-23(17-10-5-7-12-19(17)24)29-22(16)18-11-6-8-13-20(18)25/h2-3,5-8,10-13,16,22-23,25H,4,9,14-15H2,1H3/t16-,22+,23?/m1/s1. The maximum absolute atomic E-state index is 11.2. The third-order valence-electron chi connectivity index (χ3n) is 4.91. The Morgan fingerprint density at radius 2 is 1.90 bits per heavy atom. The number of ether oxygens (including phenoxy) is 3. The summed E-state index contributed by atoms with van der Waals surface area (Å²) in [6.45, 7) is 0.455. The van der Waals surface area contributed by atoms with E-state index in [-0.39, 0.29) is 23.7 Å². The van der Waals surface area contributed by atoms with E-state index in [1.807, 2.05) is 42.5 Å². The molecule has 1 unspecified atom stereocenters. The second-order valence-electron chi connectivity index (χ2n) is 6.88. The summed E-state index contributed by atoms with van der Waals surface area (Å²) in [6, 6.07) is 14.6. The highest BCUT2D eigenvalue weighted by Crippen LogP contribution is 2.43. The number of esters is 1. The number of rotatable bonds is 7. The third kappa shape index (κ3) is 5.60. The monoisotopic (exact) mass is 416 g/mol. The van der Waals surface area contributed by atoms with Crippen molar-refractivity contribution in [2.24, 2.45) is 5.92 Å². The molecule has 6 heteroatoms. The first-order chi connectivity index (χ1) is 14.1. The van der Waals surface area contributed by atoms with Crippen LogP contribution < -0.4 is 0 Å². The molecule has 154 valence electrons. The topological polar surface area (TPSA) is 65.0 Å². The van der Waals surface area contributed by atoms with E-state index in [0.717, 1.165) is 11.1 Å². The largest absolute Gasteiger partial charge is 0.508 e. The van der Waals surface area contributed by atoms with Crippen LogP contribution in [0.1, 0.15) is 42.8 Å². The van der Waals surface area contributed by atoms with Crippen molar-refractivity contribution in [2.45, 2.75) is 31.7 Å². The summed E-state index contributed by atoms with van der Waals surface area (Å²) in [4.78, 5) is 11.2. The summed E-state index contributed by atoms with van der Waals surface area (Å²) in [5.74, 6) is -0.0259. The lowest BCUT2D eigenvalue weighted by Gasteiger charge is -2.37. The van der Waals surface area contributed by atoms with Gasteiger partial charge in [-0.3, -0.25) is 4.79 Å². The van der Waals surface area contributed by atoms with Crippen molar-refractivity contribution >= 4 is 17.6 Å². The fourth-order valence-corrected chi connectivity index (χ4v) is 3.58. The molecule has 2 aromatic rings. The van der Waals surface area contributed by atoms with Crippen LogP contribution in [0.5, 0.6) is 5.75 Å². The second-order valence-corrected chi connectivity index (χ2v) is 7.29. The van der Waals surface area contributed by atoms with E-state index < -0.39 is 6.29 Å². The molecular weight excluding hydrogens is 392 g/mol. The van der Waals surface area contributed by atoms with E-state index >= 15 is 0 Å². The molecule has 0 aromatic heterocycles. The molecule has 1 heterocycles. The summed E-state index contributed by atoms with van der Waals surface area (Å²) >= 11 is 6.32. The normalized spacial score (nSPS) is 21.9. The average Bonchev–Trinajstić information content (AvgIpc) is 2.74. The number of halogens is 1. The molecule has 2 aromatic carbocycles. The first-order valence-electron chi connectivity index (χ1n) is 9.61. The van der Waals surface area contributed by atoms with Crippen molar-refractivity contribution in [3.8, 4) is 5.75 Å². The van der Waals surface area contributed by atoms with Crippen molar-refractivity contribution < 1.29 is 24.1 Å². The van der Waals surface area contributed by atoms with E-state index in [0.29, 0.717) is 30.9 Å². The highest BCUT2D eigenvalue weighted by atomic mass is 35.5. The van der Waals surface area contributed by atoms with Crippen LogP contribution in [0.4, 0.5) is 0 Å². The van der Waals surface area contributed by atoms with E-state index in [9.17, 15) is 9.90 Å². The molecule has 0 bridgehead atoms. The van der Waals surface area contributed by atoms with Gasteiger partial charge in [0.05, 0.1) is 19.8 Å². The van der Waals surface area contributed by atoms with E-state index in [1.54, 1.807) is 18.2 Å². The fourth-order valence-electron chi connectivity index (χ4n) is 3.35. The summed E-state index contributed by atoms with van der Waals surface area (Å²) in [7, 11) is 1.38. The molecule has 1 aliphatic rings. The number of benzene rings is 2. The molecule has 5 nitrogen and oxygen atoms in total. The Morgan fingerprint density at radius 3 is 2.62 bits per heavy atom. The number of hydrogen-bond acceptors (Lipinski definition) is 5. The molecule has 0 saturated carbocycles. The number of phenolic OH excluding ortho intramolecular Hbond substituents is 1. The van der Waals surface area contributed by atoms with Gasteiger partial charge < -0.3 is 19.3 Å². The third-order valence-corrected chi connectivity index (χ3v) is 5.25. The quantitative estimate of drug-likeness (QED) is 0.487. The molecule has 1 fully saturated rings. The zero-order valence-electron chi connectivity index (χ0n) is 16.3. The van der Waals surface area contributed by atoms with Gasteiger partial charge in [-0.25, -0.2) is 0 Å². The number of allylic oxidation sites excluding steroid dienone is 2. The van der Waals surface area contributed by atoms with Gasteiger partial charge in [0, 0.05) is 28.5 Å². The smallest absolute Gasteiger partial charge is 0.305 e. The predicted molar refractivity (Wildman–Crippen MR) is 111 cm³/mol. The van der Waals surface area contributed by atoms with Crippen LogP contribution >= 0.6 is 11.6 Å². The summed E-state index contributed by atoms with van der Waals surface area (Å²) in [5.41, 5.74) is 1.49. The van der Waals surface area contributed by atoms with Gasteiger partial charge >= 0.3 is 5.97 Å². The molecule has 3 rings (SSSR count). The highest BCUT2D eigenvalue weighted by molar-refractivity contribution is 6.31. The number of carbonyl (C=O) groups is 1. The van der Waals surface area contributed by atoms with Gasteiger partial charge in [0.25, 0.3) is 0 Å². The molecule has 0 aliphatic carbocycles. The minimum absolute atomic E-state index is 0.0106. The van der Waals surface area contributed by atoms with Crippen molar-refractivity contribution in [1.82, 2.24) is 0 Å². The molecule has 3 atom stereocenters. The first-order valence-corrected chi connectivity index (χ1v) is 9.99. The Kier molecular flexibility index (Phi) is 7.69. The molecular formula is C23H25ClO5. The molecule has 0 radical (unpaired) electrons. The number of aromatic hydroxyl groups is 1. The zero-order valence-corrected chi connectivity index (χ0v) is 17.0. The van der Waals surface area contributed by atoms with Crippen LogP contribution in [0.25, 0.3) is 0 Å². The Bertz CT molecular complexity index is 851. The first kappa shape index (κ1) is 21.4. The number of para-hydroxylation sites is 1. The van der Waals surface area contributed by atoms with Crippen LogP contribution in [0.3, 0.4) is 0 Å². The number of phenols is 1. The van der Waals surface area contributed by atoms with E-state index in [2.05, 4.69) is 4.74 Å². The Hall–Kier alpha value is -2.34. The van der Waals surface area contributed by atoms with Crippen LogP contribution in [0.15, 0.2) is 60.7 Å². The number of hydrogen-bond donors (Lipinski definition) is 1. The predicted octanol–water partition coefficient (Wildman–Crippen LogP) is 5.35. The molecule has 1 saturated heterocycles. The van der Waals surface area contributed by atoms with Gasteiger partial charge in [-0.1, -0.05) is 60.2 Å². The maximum Gasteiger partial charge on any atom is 0.305 e. The summed E-state index contributed by atoms with van der Waals surface area (Å²) in [6.07, 6.45) is 4.67. The lowest BCUT2D eigenvalue weighted by Crippen LogP contribution is -2.30. The Balaban J connectivity index is 1.74. The summed E-state index contributed by atoms with van der Waals surface area (Å²) < 4.78 is 16.9.